The van der Waals surface area contributed by atoms with E-state index in [9.17, 15) is 18.3 Å². The Kier molecular flexibility index (Phi) is 5.51. The Morgan fingerprint density at radius 3 is 2.35 bits per heavy atom. The van der Waals surface area contributed by atoms with Crippen molar-refractivity contribution in [3.05, 3.63) is 58.1 Å². The Balaban J connectivity index is 1.97. The summed E-state index contributed by atoms with van der Waals surface area (Å²) < 4.78 is 24.2. The van der Waals surface area contributed by atoms with Crippen molar-refractivity contribution in [2.24, 2.45) is 0 Å². The SMILES string of the molecule is O=C(NCCS(=O)(=O)c1ccc(Cl)cc1)c1ccc(O)c(Cl)c1. The van der Waals surface area contributed by atoms with Crippen molar-refractivity contribution in [1.29, 1.82) is 0 Å². The Hall–Kier alpha value is -1.76. The molecular formula is C15H13Cl2NO4S. The predicted molar refractivity (Wildman–Crippen MR) is 89.0 cm³/mol. The van der Waals surface area contributed by atoms with Crippen LogP contribution in [0.5, 0.6) is 5.75 Å². The van der Waals surface area contributed by atoms with E-state index in [-0.39, 0.29) is 33.5 Å². The minimum Gasteiger partial charge on any atom is -0.506 e. The number of sulfone groups is 1. The second-order valence-electron chi connectivity index (χ2n) is 4.69. The van der Waals surface area contributed by atoms with E-state index in [1.807, 2.05) is 0 Å². The van der Waals surface area contributed by atoms with Gasteiger partial charge < -0.3 is 10.4 Å². The quantitative estimate of drug-likeness (QED) is 0.843. The summed E-state index contributed by atoms with van der Waals surface area (Å²) in [6, 6.07) is 9.81. The van der Waals surface area contributed by atoms with Crippen LogP contribution in [0.3, 0.4) is 0 Å². The first-order valence-electron chi connectivity index (χ1n) is 6.54. The van der Waals surface area contributed by atoms with Crippen LogP contribution in [0.2, 0.25) is 10.0 Å². The van der Waals surface area contributed by atoms with Gasteiger partial charge in [-0.05, 0) is 42.5 Å². The Labute approximate surface area is 143 Å². The van der Waals surface area contributed by atoms with Gasteiger partial charge in [0, 0.05) is 17.1 Å². The number of halogens is 2. The van der Waals surface area contributed by atoms with Crippen LogP contribution >= 0.6 is 23.2 Å². The molecule has 0 bridgehead atoms. The number of hydrogen-bond donors (Lipinski definition) is 2. The molecule has 5 nitrogen and oxygen atoms in total. The van der Waals surface area contributed by atoms with Crippen LogP contribution < -0.4 is 5.32 Å². The maximum Gasteiger partial charge on any atom is 0.251 e. The lowest BCUT2D eigenvalue weighted by atomic mass is 10.2. The molecule has 0 aliphatic carbocycles. The maximum absolute atomic E-state index is 12.1. The van der Waals surface area contributed by atoms with Gasteiger partial charge in [-0.1, -0.05) is 23.2 Å². The van der Waals surface area contributed by atoms with Crippen molar-refractivity contribution in [2.45, 2.75) is 4.90 Å². The van der Waals surface area contributed by atoms with E-state index < -0.39 is 15.7 Å². The van der Waals surface area contributed by atoms with Gasteiger partial charge in [-0.3, -0.25) is 4.79 Å². The third-order valence-corrected chi connectivity index (χ3v) is 5.33. The zero-order valence-electron chi connectivity index (χ0n) is 11.8. The van der Waals surface area contributed by atoms with Gasteiger partial charge in [0.2, 0.25) is 0 Å². The summed E-state index contributed by atoms with van der Waals surface area (Å²) in [4.78, 5) is 12.1. The van der Waals surface area contributed by atoms with E-state index in [1.54, 1.807) is 0 Å². The summed E-state index contributed by atoms with van der Waals surface area (Å²) in [5.74, 6) is -0.849. The van der Waals surface area contributed by atoms with E-state index in [1.165, 1.54) is 42.5 Å². The smallest absolute Gasteiger partial charge is 0.251 e. The summed E-state index contributed by atoms with van der Waals surface area (Å²) in [6.45, 7) is -0.0533. The lowest BCUT2D eigenvalue weighted by Gasteiger charge is -2.07. The highest BCUT2D eigenvalue weighted by Gasteiger charge is 2.15. The largest absolute Gasteiger partial charge is 0.506 e. The Morgan fingerprint density at radius 1 is 1.09 bits per heavy atom. The molecule has 2 rings (SSSR count). The molecule has 0 aliphatic rings. The van der Waals surface area contributed by atoms with Gasteiger partial charge in [-0.15, -0.1) is 0 Å². The molecule has 0 aliphatic heterocycles. The molecule has 0 saturated carbocycles. The van der Waals surface area contributed by atoms with Crippen LogP contribution in [0.4, 0.5) is 0 Å². The molecule has 0 heterocycles. The van der Waals surface area contributed by atoms with Crippen molar-refractivity contribution >= 4 is 38.9 Å². The second kappa shape index (κ2) is 7.21. The van der Waals surface area contributed by atoms with Crippen molar-refractivity contribution in [1.82, 2.24) is 5.32 Å². The fraction of sp³-hybridized carbons (Fsp3) is 0.133. The molecule has 1 amide bonds. The van der Waals surface area contributed by atoms with Crippen molar-refractivity contribution in [2.75, 3.05) is 12.3 Å². The van der Waals surface area contributed by atoms with E-state index in [0.29, 0.717) is 5.02 Å². The van der Waals surface area contributed by atoms with Gasteiger partial charge in [-0.2, -0.15) is 0 Å². The average molecular weight is 374 g/mol. The first-order chi connectivity index (χ1) is 10.8. The molecule has 0 atom stereocenters. The van der Waals surface area contributed by atoms with Gasteiger partial charge in [0.15, 0.2) is 9.84 Å². The zero-order valence-corrected chi connectivity index (χ0v) is 14.1. The number of benzene rings is 2. The highest BCUT2D eigenvalue weighted by Crippen LogP contribution is 2.23. The van der Waals surface area contributed by atoms with Crippen LogP contribution in [0.25, 0.3) is 0 Å². The summed E-state index contributed by atoms with van der Waals surface area (Å²) in [5.41, 5.74) is 0.233. The minimum absolute atomic E-state index is 0.0476. The molecule has 8 heteroatoms. The van der Waals surface area contributed by atoms with Gasteiger partial charge in [0.25, 0.3) is 5.91 Å². The second-order valence-corrected chi connectivity index (χ2v) is 7.65. The predicted octanol–water partition coefficient (Wildman–Crippen LogP) is 2.90. The Bertz CT molecular complexity index is 820. The standard InChI is InChI=1S/C15H13Cl2NO4S/c16-11-2-4-12(5-3-11)23(21,22)8-7-18-15(20)10-1-6-14(19)13(17)9-10/h1-6,9,19H,7-8H2,(H,18,20). The number of aromatic hydroxyl groups is 1. The number of hydrogen-bond acceptors (Lipinski definition) is 4. The number of phenols is 1. The molecule has 0 radical (unpaired) electrons. The Morgan fingerprint density at radius 2 is 1.74 bits per heavy atom. The molecular weight excluding hydrogens is 361 g/mol. The van der Waals surface area contributed by atoms with Crippen LogP contribution in [0.1, 0.15) is 10.4 Å². The minimum atomic E-state index is -3.51. The summed E-state index contributed by atoms with van der Waals surface area (Å²) >= 11 is 11.4. The van der Waals surface area contributed by atoms with E-state index in [4.69, 9.17) is 23.2 Å². The monoisotopic (exact) mass is 373 g/mol. The topological polar surface area (TPSA) is 83.5 Å². The summed E-state index contributed by atoms with van der Waals surface area (Å²) in [7, 11) is -3.51. The highest BCUT2D eigenvalue weighted by molar-refractivity contribution is 7.91. The summed E-state index contributed by atoms with van der Waals surface area (Å²) in [5, 5.41) is 12.3. The molecule has 0 saturated heterocycles. The normalized spacial score (nSPS) is 11.2. The van der Waals surface area contributed by atoms with Gasteiger partial charge in [-0.25, -0.2) is 8.42 Å². The molecule has 0 aromatic heterocycles. The highest BCUT2D eigenvalue weighted by atomic mass is 35.5. The zero-order chi connectivity index (χ0) is 17.0. The third-order valence-electron chi connectivity index (χ3n) is 3.04. The van der Waals surface area contributed by atoms with Crippen LogP contribution in [-0.2, 0) is 9.84 Å². The summed E-state index contributed by atoms with van der Waals surface area (Å²) in [6.07, 6.45) is 0. The third kappa shape index (κ3) is 4.60. The molecule has 0 fully saturated rings. The average Bonchev–Trinajstić information content (AvgIpc) is 2.50. The number of rotatable bonds is 5. The number of phenolic OH excluding ortho intramolecular Hbond substituents is 1. The molecule has 2 aromatic rings. The van der Waals surface area contributed by atoms with E-state index in [0.717, 1.165) is 0 Å². The van der Waals surface area contributed by atoms with Crippen molar-refractivity contribution in [3.8, 4) is 5.75 Å². The first-order valence-corrected chi connectivity index (χ1v) is 8.95. The lowest BCUT2D eigenvalue weighted by Crippen LogP contribution is -2.29. The molecule has 122 valence electrons. The van der Waals surface area contributed by atoms with E-state index in [2.05, 4.69) is 5.32 Å². The molecule has 2 N–H and O–H groups in total. The van der Waals surface area contributed by atoms with Gasteiger partial charge in [0.1, 0.15) is 5.75 Å². The fourth-order valence-corrected chi connectivity index (χ4v) is 3.27. The number of carbonyl (C=O) groups is 1. The van der Waals surface area contributed by atoms with E-state index >= 15 is 0 Å². The van der Waals surface area contributed by atoms with Crippen LogP contribution in [-0.4, -0.2) is 31.7 Å². The number of carbonyl (C=O) groups excluding carboxylic acids is 1. The van der Waals surface area contributed by atoms with Crippen LogP contribution in [0.15, 0.2) is 47.4 Å². The maximum atomic E-state index is 12.1. The van der Waals surface area contributed by atoms with Gasteiger partial charge in [0.05, 0.1) is 15.7 Å². The van der Waals surface area contributed by atoms with Crippen molar-refractivity contribution in [3.63, 3.8) is 0 Å². The lowest BCUT2D eigenvalue weighted by molar-refractivity contribution is 0.0956. The molecule has 23 heavy (non-hydrogen) atoms. The number of nitrogens with one attached hydrogen (secondary N) is 1. The first kappa shape index (κ1) is 17.6. The van der Waals surface area contributed by atoms with Crippen molar-refractivity contribution < 1.29 is 18.3 Å². The fourth-order valence-electron chi connectivity index (χ4n) is 1.81. The number of amides is 1. The molecule has 0 spiro atoms. The van der Waals surface area contributed by atoms with Crippen LogP contribution in [0, 0.1) is 0 Å². The van der Waals surface area contributed by atoms with Gasteiger partial charge >= 0.3 is 0 Å². The molecule has 2 aromatic carbocycles. The molecule has 0 unspecified atom stereocenters.